The number of thiol groups is 1. The molecule has 1 N–H and O–H groups in total. The van der Waals surface area contributed by atoms with Gasteiger partial charge in [-0.3, -0.25) is 4.79 Å². The van der Waals surface area contributed by atoms with Gasteiger partial charge in [0.2, 0.25) is 0 Å². The molecule has 1 fully saturated rings. The summed E-state index contributed by atoms with van der Waals surface area (Å²) in [6.07, 6.45) is -2.93. The number of rotatable bonds is 5. The lowest BCUT2D eigenvalue weighted by Gasteiger charge is -2.42. The molecule has 0 aromatic heterocycles. The Kier molecular flexibility index (Phi) is 6.67. The van der Waals surface area contributed by atoms with Crippen molar-refractivity contribution in [3.05, 3.63) is 64.7 Å². The minimum absolute atomic E-state index is 0.0265. The van der Waals surface area contributed by atoms with Crippen LogP contribution in [0.4, 0.5) is 13.2 Å². The van der Waals surface area contributed by atoms with Crippen LogP contribution in [0, 0.1) is 0 Å². The molecule has 1 heterocycles. The molecule has 4 nitrogen and oxygen atoms in total. The maximum absolute atomic E-state index is 13.4. The van der Waals surface area contributed by atoms with Crippen LogP contribution < -0.4 is 10.1 Å². The van der Waals surface area contributed by atoms with Crippen molar-refractivity contribution in [3.63, 3.8) is 0 Å². The number of carbonyl (C=O) groups excluding carboxylic acids is 1. The molecule has 8 heteroatoms. The Bertz CT molecular complexity index is 880. The summed E-state index contributed by atoms with van der Waals surface area (Å²) in [6, 6.07) is 11.5. The smallest absolute Gasteiger partial charge is 0.416 e. The number of benzene rings is 2. The number of nitrogens with zero attached hydrogens (tertiary/aromatic N) is 1. The fourth-order valence-corrected chi connectivity index (χ4v) is 4.35. The zero-order valence-corrected chi connectivity index (χ0v) is 17.8. The van der Waals surface area contributed by atoms with Crippen molar-refractivity contribution >= 4 is 18.5 Å². The van der Waals surface area contributed by atoms with E-state index in [4.69, 9.17) is 4.74 Å². The number of hydrogen-bond donors (Lipinski definition) is 2. The molecule has 3 rings (SSSR count). The van der Waals surface area contributed by atoms with Gasteiger partial charge in [-0.2, -0.15) is 25.8 Å². The van der Waals surface area contributed by atoms with Crippen molar-refractivity contribution in [2.45, 2.75) is 30.3 Å². The molecule has 0 bridgehead atoms. The largest absolute Gasteiger partial charge is 0.496 e. The number of nitrogens with one attached hydrogen (secondary N) is 1. The van der Waals surface area contributed by atoms with Crippen LogP contribution in [-0.2, 0) is 17.5 Å². The highest BCUT2D eigenvalue weighted by molar-refractivity contribution is 7.79. The minimum atomic E-state index is -4.54. The normalized spacial score (nSPS) is 20.1. The fourth-order valence-electron chi connectivity index (χ4n) is 4.10. The van der Waals surface area contributed by atoms with E-state index < -0.39 is 23.2 Å². The van der Waals surface area contributed by atoms with Gasteiger partial charge in [-0.1, -0.05) is 30.3 Å². The maximum atomic E-state index is 13.4. The van der Waals surface area contributed by atoms with Gasteiger partial charge in [0.1, 0.15) is 5.75 Å². The Morgan fingerprint density at radius 1 is 1.27 bits per heavy atom. The second-order valence-electron chi connectivity index (χ2n) is 7.61. The van der Waals surface area contributed by atoms with E-state index in [0.717, 1.165) is 37.1 Å². The lowest BCUT2D eigenvalue weighted by molar-refractivity contribution is -0.137. The topological polar surface area (TPSA) is 41.6 Å². The molecule has 162 valence electrons. The standard InChI is InChI=1S/C22H25F3N2O2S/c1-27-10-6-9-21(14-27,16-7-4-3-5-8-16)26-20(28)19-15(13-30)11-17(22(23,24)25)12-18(19)29-2/h3-5,7-8,11-12,30H,6,9-10,13-14H2,1-2H3,(H,26,28)/t21-/m0/s1. The lowest BCUT2D eigenvalue weighted by atomic mass is 9.82. The number of likely N-dealkylation sites (tertiary alicyclic amines) is 1. The first kappa shape index (κ1) is 22.5. The van der Waals surface area contributed by atoms with Gasteiger partial charge in [0.15, 0.2) is 0 Å². The van der Waals surface area contributed by atoms with E-state index in [1.807, 2.05) is 37.4 Å². The van der Waals surface area contributed by atoms with Gasteiger partial charge >= 0.3 is 6.18 Å². The number of piperidine rings is 1. The van der Waals surface area contributed by atoms with Gasteiger partial charge in [-0.15, -0.1) is 0 Å². The molecule has 1 aliphatic rings. The van der Waals surface area contributed by atoms with Crippen molar-refractivity contribution in [2.24, 2.45) is 0 Å². The highest BCUT2D eigenvalue weighted by Gasteiger charge is 2.39. The van der Waals surface area contributed by atoms with Crippen LogP contribution in [0.25, 0.3) is 0 Å². The van der Waals surface area contributed by atoms with Crippen LogP contribution in [0.15, 0.2) is 42.5 Å². The summed E-state index contributed by atoms with van der Waals surface area (Å²) < 4.78 is 45.0. The highest BCUT2D eigenvalue weighted by atomic mass is 32.1. The first-order chi connectivity index (χ1) is 14.2. The van der Waals surface area contributed by atoms with Crippen LogP contribution >= 0.6 is 12.6 Å². The molecule has 0 saturated carbocycles. The monoisotopic (exact) mass is 438 g/mol. The van der Waals surface area contributed by atoms with Gasteiger partial charge < -0.3 is 15.0 Å². The number of halogens is 3. The van der Waals surface area contributed by atoms with Crippen LogP contribution in [-0.4, -0.2) is 38.1 Å². The molecular weight excluding hydrogens is 413 g/mol. The van der Waals surface area contributed by atoms with Gasteiger partial charge in [-0.05, 0) is 49.7 Å². The van der Waals surface area contributed by atoms with E-state index in [1.54, 1.807) is 0 Å². The van der Waals surface area contributed by atoms with E-state index >= 15 is 0 Å². The average Bonchev–Trinajstić information content (AvgIpc) is 2.72. The molecule has 2 aromatic carbocycles. The summed E-state index contributed by atoms with van der Waals surface area (Å²) in [5, 5.41) is 3.13. The molecule has 1 saturated heterocycles. The Hall–Kier alpha value is -2.19. The average molecular weight is 439 g/mol. The maximum Gasteiger partial charge on any atom is 0.416 e. The Balaban J connectivity index is 2.04. The molecule has 0 aliphatic carbocycles. The Labute approximate surface area is 179 Å². The quantitative estimate of drug-likeness (QED) is 0.676. The summed E-state index contributed by atoms with van der Waals surface area (Å²) in [7, 11) is 3.25. The van der Waals surface area contributed by atoms with E-state index in [-0.39, 0.29) is 22.6 Å². The van der Waals surface area contributed by atoms with Crippen molar-refractivity contribution in [2.75, 3.05) is 27.2 Å². The third-order valence-corrected chi connectivity index (χ3v) is 5.83. The molecule has 0 radical (unpaired) electrons. The highest BCUT2D eigenvalue weighted by Crippen LogP contribution is 2.37. The SMILES string of the molecule is COc1cc(C(F)(F)F)cc(CS)c1C(=O)N[C@@]1(c2ccccc2)CCCN(C)C1. The van der Waals surface area contributed by atoms with Crippen molar-refractivity contribution in [3.8, 4) is 5.75 Å². The zero-order valence-electron chi connectivity index (χ0n) is 16.9. The fraction of sp³-hybridized carbons (Fsp3) is 0.409. The van der Waals surface area contributed by atoms with Gasteiger partial charge in [0, 0.05) is 12.3 Å². The summed E-state index contributed by atoms with van der Waals surface area (Å²) >= 11 is 4.16. The third kappa shape index (κ3) is 4.59. The molecular formula is C22H25F3N2O2S. The number of carbonyl (C=O) groups is 1. The molecule has 1 aliphatic heterocycles. The van der Waals surface area contributed by atoms with Crippen LogP contribution in [0.5, 0.6) is 5.75 Å². The van der Waals surface area contributed by atoms with E-state index in [2.05, 4.69) is 22.8 Å². The van der Waals surface area contributed by atoms with Gasteiger partial charge in [0.05, 0.1) is 23.8 Å². The first-order valence-electron chi connectivity index (χ1n) is 9.66. The first-order valence-corrected chi connectivity index (χ1v) is 10.3. The number of alkyl halides is 3. The second-order valence-corrected chi connectivity index (χ2v) is 7.93. The Morgan fingerprint density at radius 3 is 2.53 bits per heavy atom. The number of likely N-dealkylation sites (N-methyl/N-ethyl adjacent to an activating group) is 1. The third-order valence-electron chi connectivity index (χ3n) is 5.49. The molecule has 30 heavy (non-hydrogen) atoms. The summed E-state index contributed by atoms with van der Waals surface area (Å²) in [5.41, 5.74) is -0.287. The van der Waals surface area contributed by atoms with Crippen LogP contribution in [0.2, 0.25) is 0 Å². The number of methoxy groups -OCH3 is 1. The van der Waals surface area contributed by atoms with Gasteiger partial charge in [0.25, 0.3) is 5.91 Å². The number of amides is 1. The summed E-state index contributed by atoms with van der Waals surface area (Å²) in [4.78, 5) is 15.5. The molecule has 1 amide bonds. The van der Waals surface area contributed by atoms with Crippen LogP contribution in [0.3, 0.4) is 0 Å². The molecule has 1 atom stereocenters. The molecule has 2 aromatic rings. The van der Waals surface area contributed by atoms with Crippen molar-refractivity contribution in [1.82, 2.24) is 10.2 Å². The van der Waals surface area contributed by atoms with Crippen LogP contribution in [0.1, 0.15) is 39.9 Å². The number of hydrogen-bond acceptors (Lipinski definition) is 4. The van der Waals surface area contributed by atoms with Crippen molar-refractivity contribution < 1.29 is 22.7 Å². The zero-order chi connectivity index (χ0) is 21.9. The lowest BCUT2D eigenvalue weighted by Crippen LogP contribution is -2.55. The molecule has 0 spiro atoms. The van der Waals surface area contributed by atoms with Crippen molar-refractivity contribution in [1.29, 1.82) is 0 Å². The number of ether oxygens (including phenoxy) is 1. The van der Waals surface area contributed by atoms with E-state index in [9.17, 15) is 18.0 Å². The van der Waals surface area contributed by atoms with Gasteiger partial charge in [-0.25, -0.2) is 0 Å². The van der Waals surface area contributed by atoms with E-state index in [1.165, 1.54) is 7.11 Å². The molecule has 0 unspecified atom stereocenters. The predicted octanol–water partition coefficient (Wildman–Crippen LogP) is 4.49. The Morgan fingerprint density at radius 2 is 1.97 bits per heavy atom. The summed E-state index contributed by atoms with van der Waals surface area (Å²) in [6.45, 7) is 1.51. The van der Waals surface area contributed by atoms with E-state index in [0.29, 0.717) is 6.54 Å². The minimum Gasteiger partial charge on any atom is -0.496 e. The summed E-state index contributed by atoms with van der Waals surface area (Å²) in [5.74, 6) is -0.608. The second kappa shape index (κ2) is 8.89. The predicted molar refractivity (Wildman–Crippen MR) is 113 cm³/mol.